The molecule has 3 aromatic heterocycles. The summed E-state index contributed by atoms with van der Waals surface area (Å²) in [5.74, 6) is 2.47. The molecule has 4 nitrogen and oxygen atoms in total. The zero-order valence-electron chi connectivity index (χ0n) is 18.4. The molecule has 0 aliphatic carbocycles. The fraction of sp³-hybridized carbons (Fsp3) is 0.185. The molecule has 0 bridgehead atoms. The lowest BCUT2D eigenvalue weighted by Gasteiger charge is -2.04. The maximum atomic E-state index is 4.78. The van der Waals surface area contributed by atoms with Crippen molar-refractivity contribution in [2.45, 2.75) is 33.1 Å². The van der Waals surface area contributed by atoms with Gasteiger partial charge in [0.1, 0.15) is 11.6 Å². The summed E-state index contributed by atoms with van der Waals surface area (Å²) in [6.45, 7) is 6.44. The normalized spacial score (nSPS) is 12.0. The molecule has 0 atom stereocenters. The van der Waals surface area contributed by atoms with Gasteiger partial charge in [0.2, 0.25) is 0 Å². The Balaban J connectivity index is 1.38. The van der Waals surface area contributed by atoms with Crippen LogP contribution in [0.25, 0.3) is 53.6 Å². The van der Waals surface area contributed by atoms with E-state index in [1.165, 1.54) is 31.3 Å². The lowest BCUT2D eigenvalue weighted by molar-refractivity contribution is 0.799. The lowest BCUT2D eigenvalue weighted by Crippen LogP contribution is -1.88. The largest absolute Gasteiger partial charge is 0.342 e. The highest BCUT2D eigenvalue weighted by atomic mass is 32.1. The van der Waals surface area contributed by atoms with Crippen LogP contribution < -0.4 is 0 Å². The van der Waals surface area contributed by atoms with E-state index >= 15 is 0 Å². The number of hydrogen-bond donors (Lipinski definition) is 2. The summed E-state index contributed by atoms with van der Waals surface area (Å²) >= 11 is 1.84. The quantitative estimate of drug-likeness (QED) is 0.298. The number of aryl methyl sites for hydroxylation is 1. The number of fused-ring (bicyclic) bond motifs is 4. The van der Waals surface area contributed by atoms with Crippen molar-refractivity contribution in [3.8, 4) is 22.4 Å². The summed E-state index contributed by atoms with van der Waals surface area (Å²) in [7, 11) is 0. The molecular weight excluding hydrogens is 412 g/mol. The molecule has 3 aromatic carbocycles. The van der Waals surface area contributed by atoms with Gasteiger partial charge in [-0.15, -0.1) is 11.3 Å². The smallest absolute Gasteiger partial charge is 0.109 e. The molecule has 2 N–H and O–H groups in total. The maximum absolute atomic E-state index is 4.78. The zero-order chi connectivity index (χ0) is 21.8. The monoisotopic (exact) mass is 436 g/mol. The van der Waals surface area contributed by atoms with Crippen LogP contribution in [-0.4, -0.2) is 19.9 Å². The van der Waals surface area contributed by atoms with E-state index in [9.17, 15) is 0 Å². The standard InChI is InChI=1S/C27H24N4S/c1-4-26-28-14-23(29-26)17-7-5-16(6-8-17)18-9-10-19-20-12-21-22(31-27(30-21)15(2)3)13-25(20)32-24(19)11-18/h5-15H,4H2,1-3H3,(H,28,29)(H,30,31). The van der Waals surface area contributed by atoms with Gasteiger partial charge in [-0.1, -0.05) is 57.2 Å². The Hall–Kier alpha value is -3.44. The second-order valence-electron chi connectivity index (χ2n) is 8.63. The third-order valence-corrected chi connectivity index (χ3v) is 7.25. The number of hydrogen-bond acceptors (Lipinski definition) is 3. The minimum absolute atomic E-state index is 0.396. The van der Waals surface area contributed by atoms with Gasteiger partial charge in [0.05, 0.1) is 22.9 Å². The molecule has 0 fully saturated rings. The number of aromatic amines is 2. The van der Waals surface area contributed by atoms with Crippen LogP contribution >= 0.6 is 11.3 Å². The number of aromatic nitrogens is 4. The van der Waals surface area contributed by atoms with Crippen LogP contribution in [0.5, 0.6) is 0 Å². The molecule has 0 amide bonds. The van der Waals surface area contributed by atoms with Crippen LogP contribution in [0.2, 0.25) is 0 Å². The fourth-order valence-electron chi connectivity index (χ4n) is 4.28. The summed E-state index contributed by atoms with van der Waals surface area (Å²) < 4.78 is 2.59. The Labute approximate surface area is 190 Å². The Morgan fingerprint density at radius 3 is 2.34 bits per heavy atom. The van der Waals surface area contributed by atoms with Crippen LogP contribution in [0.1, 0.15) is 38.3 Å². The SMILES string of the molecule is CCc1ncc(-c2ccc(-c3ccc4c(c3)sc3cc5nc(C(C)C)[nH]c5cc34)cc2)[nH]1. The van der Waals surface area contributed by atoms with Gasteiger partial charge >= 0.3 is 0 Å². The highest BCUT2D eigenvalue weighted by Crippen LogP contribution is 2.38. The van der Waals surface area contributed by atoms with Crippen LogP contribution in [-0.2, 0) is 6.42 Å². The van der Waals surface area contributed by atoms with Crippen LogP contribution in [0.4, 0.5) is 0 Å². The summed E-state index contributed by atoms with van der Waals surface area (Å²) in [5, 5.41) is 2.60. The summed E-state index contributed by atoms with van der Waals surface area (Å²) in [6, 6.07) is 20.0. The second-order valence-corrected chi connectivity index (χ2v) is 9.71. The van der Waals surface area contributed by atoms with E-state index in [0.29, 0.717) is 5.92 Å². The average Bonchev–Trinajstić information content (AvgIpc) is 3.53. The molecule has 6 aromatic rings. The van der Waals surface area contributed by atoms with Crippen molar-refractivity contribution in [3.05, 3.63) is 72.4 Å². The van der Waals surface area contributed by atoms with Crippen molar-refractivity contribution in [2.75, 3.05) is 0 Å². The predicted octanol–water partition coefficient (Wildman–Crippen LogP) is 7.67. The van der Waals surface area contributed by atoms with E-state index in [-0.39, 0.29) is 0 Å². The zero-order valence-corrected chi connectivity index (χ0v) is 19.2. The number of H-pyrrole nitrogens is 2. The van der Waals surface area contributed by atoms with Crippen molar-refractivity contribution >= 4 is 42.5 Å². The molecule has 0 aliphatic rings. The molecule has 3 heterocycles. The van der Waals surface area contributed by atoms with Gasteiger partial charge in [-0.2, -0.15) is 0 Å². The van der Waals surface area contributed by atoms with Crippen LogP contribution in [0.3, 0.4) is 0 Å². The summed E-state index contributed by atoms with van der Waals surface area (Å²) in [5.41, 5.74) is 6.85. The highest BCUT2D eigenvalue weighted by Gasteiger charge is 2.12. The van der Waals surface area contributed by atoms with Crippen molar-refractivity contribution in [2.24, 2.45) is 0 Å². The van der Waals surface area contributed by atoms with Crippen molar-refractivity contribution in [1.29, 1.82) is 0 Å². The summed E-state index contributed by atoms with van der Waals surface area (Å²) in [4.78, 5) is 16.1. The van der Waals surface area contributed by atoms with Gasteiger partial charge in [0.25, 0.3) is 0 Å². The molecule has 0 saturated carbocycles. The number of benzene rings is 3. The first-order valence-electron chi connectivity index (χ1n) is 11.1. The molecule has 0 saturated heterocycles. The Bertz CT molecular complexity index is 1580. The number of imidazole rings is 2. The van der Waals surface area contributed by atoms with Gasteiger partial charge in [-0.25, -0.2) is 9.97 Å². The van der Waals surface area contributed by atoms with Gasteiger partial charge in [0.15, 0.2) is 0 Å². The molecule has 0 aliphatic heterocycles. The van der Waals surface area contributed by atoms with Gasteiger partial charge in [0, 0.05) is 32.5 Å². The maximum Gasteiger partial charge on any atom is 0.109 e. The number of rotatable bonds is 4. The molecule has 6 rings (SSSR count). The van der Waals surface area contributed by atoms with E-state index in [2.05, 4.69) is 90.3 Å². The summed E-state index contributed by atoms with van der Waals surface area (Å²) in [6.07, 6.45) is 2.83. The second kappa shape index (κ2) is 7.31. The number of thiophene rings is 1. The third kappa shape index (κ3) is 3.12. The Kier molecular flexibility index (Phi) is 4.40. The van der Waals surface area contributed by atoms with Crippen molar-refractivity contribution < 1.29 is 0 Å². The Morgan fingerprint density at radius 1 is 0.844 bits per heavy atom. The predicted molar refractivity (Wildman–Crippen MR) is 135 cm³/mol. The number of nitrogens with one attached hydrogen (secondary N) is 2. The molecular formula is C27H24N4S. The van der Waals surface area contributed by atoms with E-state index in [1.807, 2.05) is 17.5 Å². The molecule has 0 unspecified atom stereocenters. The Morgan fingerprint density at radius 2 is 1.59 bits per heavy atom. The lowest BCUT2D eigenvalue weighted by atomic mass is 10.0. The molecule has 5 heteroatoms. The first-order valence-corrected chi connectivity index (χ1v) is 11.9. The average molecular weight is 437 g/mol. The first-order chi connectivity index (χ1) is 15.6. The molecule has 32 heavy (non-hydrogen) atoms. The topological polar surface area (TPSA) is 57.4 Å². The molecule has 158 valence electrons. The minimum atomic E-state index is 0.396. The van der Waals surface area contributed by atoms with Crippen LogP contribution in [0.15, 0.2) is 60.8 Å². The minimum Gasteiger partial charge on any atom is -0.342 e. The highest BCUT2D eigenvalue weighted by molar-refractivity contribution is 7.25. The fourth-order valence-corrected chi connectivity index (χ4v) is 5.44. The molecule has 0 radical (unpaired) electrons. The van der Waals surface area contributed by atoms with Crippen molar-refractivity contribution in [3.63, 3.8) is 0 Å². The third-order valence-electron chi connectivity index (χ3n) is 6.13. The van der Waals surface area contributed by atoms with Crippen molar-refractivity contribution in [1.82, 2.24) is 19.9 Å². The van der Waals surface area contributed by atoms with E-state index < -0.39 is 0 Å². The van der Waals surface area contributed by atoms with E-state index in [0.717, 1.165) is 40.4 Å². The van der Waals surface area contributed by atoms with Gasteiger partial charge < -0.3 is 9.97 Å². The number of nitrogens with zero attached hydrogens (tertiary/aromatic N) is 2. The first kappa shape index (κ1) is 19.3. The van der Waals surface area contributed by atoms with Gasteiger partial charge in [-0.3, -0.25) is 0 Å². The van der Waals surface area contributed by atoms with Gasteiger partial charge in [-0.05, 0) is 34.9 Å². The van der Waals surface area contributed by atoms with Crippen LogP contribution in [0, 0.1) is 0 Å². The van der Waals surface area contributed by atoms with E-state index in [4.69, 9.17) is 4.98 Å². The van der Waals surface area contributed by atoms with E-state index in [1.54, 1.807) is 0 Å². The molecule has 0 spiro atoms.